The zero-order valence-corrected chi connectivity index (χ0v) is 10.8. The maximum atomic E-state index is 12.3. The van der Waals surface area contributed by atoms with E-state index in [0.717, 1.165) is 30.3 Å². The minimum atomic E-state index is 0.00864. The maximum Gasteiger partial charge on any atom is 0.242 e. The highest BCUT2D eigenvalue weighted by Gasteiger charge is 2.27. The summed E-state index contributed by atoms with van der Waals surface area (Å²) in [6, 6.07) is 10.1. The molecule has 0 bridgehead atoms. The van der Waals surface area contributed by atoms with E-state index in [4.69, 9.17) is 0 Å². The van der Waals surface area contributed by atoms with E-state index < -0.39 is 0 Å². The number of benzene rings is 1. The van der Waals surface area contributed by atoms with Crippen LogP contribution in [0.5, 0.6) is 0 Å². The maximum absolute atomic E-state index is 12.3. The Hall–Kier alpha value is -1.81. The number of rotatable bonds is 3. The fraction of sp³-hybridized carbons (Fsp3) is 0.400. The summed E-state index contributed by atoms with van der Waals surface area (Å²) >= 11 is 0. The van der Waals surface area contributed by atoms with Crippen LogP contribution >= 0.6 is 0 Å². The van der Waals surface area contributed by atoms with Crippen molar-refractivity contribution in [3.63, 3.8) is 0 Å². The van der Waals surface area contributed by atoms with Gasteiger partial charge in [0, 0.05) is 18.3 Å². The number of hydrogen-bond acceptors (Lipinski definition) is 2. The topological polar surface area (TPSA) is 45.5 Å². The summed E-state index contributed by atoms with van der Waals surface area (Å²) in [5.74, 6) is 0.0953. The SMILES string of the molecule is O=C(Cn1ccc2ccccc21)N1CCC[C@H]1CO. The lowest BCUT2D eigenvalue weighted by Gasteiger charge is -2.23. The number of amides is 1. The number of para-hydroxylation sites is 1. The summed E-state index contributed by atoms with van der Waals surface area (Å²) in [7, 11) is 0. The Morgan fingerprint density at radius 2 is 2.16 bits per heavy atom. The van der Waals surface area contributed by atoms with Crippen LogP contribution < -0.4 is 0 Å². The van der Waals surface area contributed by atoms with Crippen LogP contribution in [0.25, 0.3) is 10.9 Å². The number of carbonyl (C=O) groups is 1. The van der Waals surface area contributed by atoms with E-state index in [1.807, 2.05) is 46.0 Å². The molecule has 1 N–H and O–H groups in total. The predicted octanol–water partition coefficient (Wildman–Crippen LogP) is 1.62. The van der Waals surface area contributed by atoms with Crippen molar-refractivity contribution in [2.24, 2.45) is 0 Å². The molecule has 1 fully saturated rings. The van der Waals surface area contributed by atoms with Gasteiger partial charge in [-0.05, 0) is 30.4 Å². The summed E-state index contributed by atoms with van der Waals surface area (Å²) in [6.07, 6.45) is 3.85. The van der Waals surface area contributed by atoms with E-state index in [-0.39, 0.29) is 18.6 Å². The normalized spacial score (nSPS) is 19.2. The Kier molecular flexibility index (Phi) is 3.25. The van der Waals surface area contributed by atoms with Crippen LogP contribution in [0.15, 0.2) is 36.5 Å². The number of aliphatic hydroxyl groups is 1. The van der Waals surface area contributed by atoms with Gasteiger partial charge in [0.25, 0.3) is 0 Å². The molecule has 4 nitrogen and oxygen atoms in total. The molecule has 1 aliphatic heterocycles. The quantitative estimate of drug-likeness (QED) is 0.909. The van der Waals surface area contributed by atoms with Crippen molar-refractivity contribution in [1.82, 2.24) is 9.47 Å². The third kappa shape index (κ3) is 2.24. The van der Waals surface area contributed by atoms with Gasteiger partial charge in [-0.2, -0.15) is 0 Å². The molecule has 0 unspecified atom stereocenters. The average Bonchev–Trinajstić information content (AvgIpc) is 3.05. The van der Waals surface area contributed by atoms with Crippen molar-refractivity contribution >= 4 is 16.8 Å². The number of likely N-dealkylation sites (tertiary alicyclic amines) is 1. The molecule has 2 heterocycles. The van der Waals surface area contributed by atoms with Gasteiger partial charge in [0.05, 0.1) is 12.6 Å². The van der Waals surface area contributed by atoms with E-state index >= 15 is 0 Å². The molecule has 1 aromatic heterocycles. The van der Waals surface area contributed by atoms with Gasteiger partial charge in [0.2, 0.25) is 5.91 Å². The van der Waals surface area contributed by atoms with Gasteiger partial charge in [-0.1, -0.05) is 18.2 Å². The molecular formula is C15H18N2O2. The molecule has 19 heavy (non-hydrogen) atoms. The standard InChI is InChI=1S/C15H18N2O2/c18-11-13-5-3-8-17(13)15(19)10-16-9-7-12-4-1-2-6-14(12)16/h1-2,4,6-7,9,13,18H,3,5,8,10-11H2/t13-/m0/s1. The van der Waals surface area contributed by atoms with E-state index in [0.29, 0.717) is 6.54 Å². The van der Waals surface area contributed by atoms with Crippen LogP contribution in [0.2, 0.25) is 0 Å². The van der Waals surface area contributed by atoms with E-state index in [1.54, 1.807) is 0 Å². The lowest BCUT2D eigenvalue weighted by molar-refractivity contribution is -0.133. The van der Waals surface area contributed by atoms with Crippen LogP contribution in [0.4, 0.5) is 0 Å². The minimum absolute atomic E-state index is 0.00864. The second-order valence-electron chi connectivity index (χ2n) is 5.07. The largest absolute Gasteiger partial charge is 0.394 e. The van der Waals surface area contributed by atoms with Gasteiger partial charge >= 0.3 is 0 Å². The van der Waals surface area contributed by atoms with Gasteiger partial charge in [-0.15, -0.1) is 0 Å². The Labute approximate surface area is 112 Å². The van der Waals surface area contributed by atoms with Gasteiger partial charge in [0.15, 0.2) is 0 Å². The average molecular weight is 258 g/mol. The van der Waals surface area contributed by atoms with Gasteiger partial charge in [-0.25, -0.2) is 0 Å². The predicted molar refractivity (Wildman–Crippen MR) is 73.8 cm³/mol. The summed E-state index contributed by atoms with van der Waals surface area (Å²) in [5.41, 5.74) is 1.08. The fourth-order valence-corrected chi connectivity index (χ4v) is 2.87. The first-order valence-corrected chi connectivity index (χ1v) is 6.74. The molecule has 0 aliphatic carbocycles. The zero-order chi connectivity index (χ0) is 13.2. The van der Waals surface area contributed by atoms with Gasteiger partial charge in [-0.3, -0.25) is 4.79 Å². The Bertz CT molecular complexity index is 591. The molecule has 3 rings (SSSR count). The zero-order valence-electron chi connectivity index (χ0n) is 10.8. The number of aliphatic hydroxyl groups excluding tert-OH is 1. The Morgan fingerprint density at radius 3 is 3.00 bits per heavy atom. The monoisotopic (exact) mass is 258 g/mol. The van der Waals surface area contributed by atoms with Crippen LogP contribution in [-0.2, 0) is 11.3 Å². The van der Waals surface area contributed by atoms with E-state index in [2.05, 4.69) is 0 Å². The van der Waals surface area contributed by atoms with Crippen molar-refractivity contribution in [3.8, 4) is 0 Å². The van der Waals surface area contributed by atoms with E-state index in [9.17, 15) is 9.90 Å². The highest BCUT2D eigenvalue weighted by molar-refractivity contribution is 5.83. The summed E-state index contributed by atoms with van der Waals surface area (Å²) < 4.78 is 1.98. The smallest absolute Gasteiger partial charge is 0.242 e. The van der Waals surface area contributed by atoms with Crippen molar-refractivity contribution < 1.29 is 9.90 Å². The van der Waals surface area contributed by atoms with Crippen LogP contribution in [0.1, 0.15) is 12.8 Å². The molecular weight excluding hydrogens is 240 g/mol. The van der Waals surface area contributed by atoms with E-state index in [1.165, 1.54) is 0 Å². The molecule has 1 aliphatic rings. The number of fused-ring (bicyclic) bond motifs is 1. The highest BCUT2D eigenvalue weighted by atomic mass is 16.3. The lowest BCUT2D eigenvalue weighted by Crippen LogP contribution is -2.39. The number of hydrogen-bond donors (Lipinski definition) is 1. The Balaban J connectivity index is 1.79. The number of carbonyl (C=O) groups excluding carboxylic acids is 1. The molecule has 2 aromatic rings. The van der Waals surface area contributed by atoms with Crippen molar-refractivity contribution in [2.75, 3.05) is 13.2 Å². The molecule has 1 saturated heterocycles. The molecule has 0 radical (unpaired) electrons. The first-order chi connectivity index (χ1) is 9.29. The fourth-order valence-electron chi connectivity index (χ4n) is 2.87. The summed E-state index contributed by atoms with van der Waals surface area (Å²) in [4.78, 5) is 14.1. The number of aromatic nitrogens is 1. The van der Waals surface area contributed by atoms with Crippen molar-refractivity contribution in [3.05, 3.63) is 36.5 Å². The van der Waals surface area contributed by atoms with Gasteiger partial charge in [0.1, 0.15) is 6.54 Å². The lowest BCUT2D eigenvalue weighted by atomic mass is 10.2. The summed E-state index contributed by atoms with van der Waals surface area (Å²) in [5, 5.41) is 10.4. The minimum Gasteiger partial charge on any atom is -0.394 e. The van der Waals surface area contributed by atoms with Crippen LogP contribution in [-0.4, -0.2) is 39.7 Å². The van der Waals surface area contributed by atoms with Gasteiger partial charge < -0.3 is 14.6 Å². The highest BCUT2D eigenvalue weighted by Crippen LogP contribution is 2.19. The van der Waals surface area contributed by atoms with Crippen molar-refractivity contribution in [1.29, 1.82) is 0 Å². The van der Waals surface area contributed by atoms with Crippen LogP contribution in [0, 0.1) is 0 Å². The molecule has 100 valence electrons. The van der Waals surface area contributed by atoms with Crippen molar-refractivity contribution in [2.45, 2.75) is 25.4 Å². The molecule has 1 atom stereocenters. The molecule has 0 spiro atoms. The second-order valence-corrected chi connectivity index (χ2v) is 5.07. The molecule has 4 heteroatoms. The molecule has 1 aromatic carbocycles. The van der Waals surface area contributed by atoms with Crippen LogP contribution in [0.3, 0.4) is 0 Å². The molecule has 1 amide bonds. The first-order valence-electron chi connectivity index (χ1n) is 6.74. The molecule has 0 saturated carbocycles. The first kappa shape index (κ1) is 12.2. The second kappa shape index (κ2) is 5.05. The third-order valence-corrected chi connectivity index (χ3v) is 3.89. The summed E-state index contributed by atoms with van der Waals surface area (Å²) in [6.45, 7) is 1.19. The number of nitrogens with zero attached hydrogens (tertiary/aromatic N) is 2. The Morgan fingerprint density at radius 1 is 1.32 bits per heavy atom. The third-order valence-electron chi connectivity index (χ3n) is 3.89.